The topological polar surface area (TPSA) is 77.1 Å². The van der Waals surface area contributed by atoms with Crippen LogP contribution < -0.4 is 19.5 Å². The lowest BCUT2D eigenvalue weighted by Crippen LogP contribution is -2.35. The molecule has 0 unspecified atom stereocenters. The first-order valence-electron chi connectivity index (χ1n) is 9.35. The molecule has 7 nitrogen and oxygen atoms in total. The summed E-state index contributed by atoms with van der Waals surface area (Å²) >= 11 is 0. The maximum absolute atomic E-state index is 12.7. The van der Waals surface area contributed by atoms with Crippen LogP contribution in [0, 0.1) is 5.92 Å². The van der Waals surface area contributed by atoms with Crippen LogP contribution in [0.3, 0.4) is 0 Å². The van der Waals surface area contributed by atoms with Crippen molar-refractivity contribution in [2.45, 2.75) is 32.6 Å². The van der Waals surface area contributed by atoms with Gasteiger partial charge in [-0.25, -0.2) is 0 Å². The number of hydrogen-bond acceptors (Lipinski definition) is 5. The van der Waals surface area contributed by atoms with E-state index in [4.69, 9.17) is 14.2 Å². The molecule has 1 aromatic carbocycles. The molecular weight excluding hydrogens is 348 g/mol. The number of amides is 2. The number of benzene rings is 1. The Morgan fingerprint density at radius 1 is 1.07 bits per heavy atom. The minimum absolute atomic E-state index is 0.0259. The molecule has 2 atom stereocenters. The van der Waals surface area contributed by atoms with Crippen molar-refractivity contribution in [1.29, 1.82) is 0 Å². The Labute approximate surface area is 161 Å². The average molecular weight is 378 g/mol. The number of ether oxygens (including phenoxy) is 3. The molecule has 0 aliphatic carbocycles. The van der Waals surface area contributed by atoms with E-state index < -0.39 is 0 Å². The molecule has 1 aromatic rings. The normalized spacial score (nSPS) is 18.9. The van der Waals surface area contributed by atoms with Gasteiger partial charge in [-0.05, 0) is 24.1 Å². The molecule has 1 heterocycles. The van der Waals surface area contributed by atoms with Crippen molar-refractivity contribution in [3.05, 3.63) is 17.7 Å². The standard InChI is InChI=1S/C20H30N2O5/c1-6-8-21-20(24)15-12-22(18(23)7-2)11-14(15)13-9-16(25-3)19(27-5)17(10-13)26-4/h9-10,14-15H,6-8,11-12H2,1-5H3,(H,21,24)/t14-,15-/m0/s1. The van der Waals surface area contributed by atoms with Crippen molar-refractivity contribution >= 4 is 11.8 Å². The highest BCUT2D eigenvalue weighted by atomic mass is 16.5. The van der Waals surface area contributed by atoms with Gasteiger partial charge in [-0.1, -0.05) is 13.8 Å². The number of likely N-dealkylation sites (tertiary alicyclic amines) is 1. The van der Waals surface area contributed by atoms with Gasteiger partial charge in [0.05, 0.1) is 27.2 Å². The molecule has 2 rings (SSSR count). The van der Waals surface area contributed by atoms with Gasteiger partial charge in [-0.3, -0.25) is 9.59 Å². The Bertz CT molecular complexity index is 651. The second kappa shape index (κ2) is 9.48. The minimum atomic E-state index is -0.310. The van der Waals surface area contributed by atoms with Crippen LogP contribution in [0.2, 0.25) is 0 Å². The van der Waals surface area contributed by atoms with E-state index in [9.17, 15) is 9.59 Å². The highest BCUT2D eigenvalue weighted by Crippen LogP contribution is 2.43. The first-order chi connectivity index (χ1) is 13.0. The molecule has 7 heteroatoms. The van der Waals surface area contributed by atoms with E-state index in [2.05, 4.69) is 5.32 Å². The smallest absolute Gasteiger partial charge is 0.225 e. The summed E-state index contributed by atoms with van der Waals surface area (Å²) in [6, 6.07) is 3.73. The summed E-state index contributed by atoms with van der Waals surface area (Å²) in [5.74, 6) is 1.18. The Morgan fingerprint density at radius 3 is 2.19 bits per heavy atom. The molecule has 0 radical (unpaired) electrons. The molecule has 0 saturated carbocycles. The number of carbonyl (C=O) groups excluding carboxylic acids is 2. The summed E-state index contributed by atoms with van der Waals surface area (Å²) in [4.78, 5) is 26.8. The highest BCUT2D eigenvalue weighted by molar-refractivity contribution is 5.83. The van der Waals surface area contributed by atoms with Crippen LogP contribution in [0.1, 0.15) is 38.2 Å². The largest absolute Gasteiger partial charge is 0.493 e. The number of methoxy groups -OCH3 is 3. The molecule has 2 amide bonds. The van der Waals surface area contributed by atoms with Gasteiger partial charge >= 0.3 is 0 Å². The van der Waals surface area contributed by atoms with Crippen LogP contribution in [0.15, 0.2) is 12.1 Å². The number of rotatable bonds is 8. The van der Waals surface area contributed by atoms with Crippen molar-refractivity contribution in [2.75, 3.05) is 41.0 Å². The Morgan fingerprint density at radius 2 is 1.70 bits per heavy atom. The lowest BCUT2D eigenvalue weighted by Gasteiger charge is -2.21. The number of nitrogens with zero attached hydrogens (tertiary/aromatic N) is 1. The second-order valence-corrected chi connectivity index (χ2v) is 6.61. The molecule has 1 fully saturated rings. The molecule has 0 aromatic heterocycles. The molecule has 1 saturated heterocycles. The molecule has 1 N–H and O–H groups in total. The van der Waals surface area contributed by atoms with Crippen molar-refractivity contribution < 1.29 is 23.8 Å². The van der Waals surface area contributed by atoms with E-state index in [1.165, 1.54) is 0 Å². The van der Waals surface area contributed by atoms with Crippen molar-refractivity contribution in [3.63, 3.8) is 0 Å². The van der Waals surface area contributed by atoms with Gasteiger partial charge < -0.3 is 24.4 Å². The predicted octanol–water partition coefficient (Wildman–Crippen LogP) is 2.19. The monoisotopic (exact) mass is 378 g/mol. The Hall–Kier alpha value is -2.44. The third kappa shape index (κ3) is 4.46. The summed E-state index contributed by atoms with van der Waals surface area (Å²) in [6.45, 7) is 5.39. The van der Waals surface area contributed by atoms with Crippen molar-refractivity contribution in [3.8, 4) is 17.2 Å². The molecule has 0 bridgehead atoms. The van der Waals surface area contributed by atoms with Gasteiger partial charge in [0.25, 0.3) is 0 Å². The van der Waals surface area contributed by atoms with Crippen molar-refractivity contribution in [1.82, 2.24) is 10.2 Å². The van der Waals surface area contributed by atoms with Gasteiger partial charge in [-0.15, -0.1) is 0 Å². The summed E-state index contributed by atoms with van der Waals surface area (Å²) in [6.07, 6.45) is 1.29. The van der Waals surface area contributed by atoms with E-state index in [0.717, 1.165) is 12.0 Å². The van der Waals surface area contributed by atoms with E-state index >= 15 is 0 Å². The third-order valence-corrected chi connectivity index (χ3v) is 4.98. The zero-order valence-electron chi connectivity index (χ0n) is 16.8. The quantitative estimate of drug-likeness (QED) is 0.750. The average Bonchev–Trinajstić information content (AvgIpc) is 3.15. The van der Waals surface area contributed by atoms with Crippen LogP contribution in [-0.4, -0.2) is 57.7 Å². The van der Waals surface area contributed by atoms with Crippen molar-refractivity contribution in [2.24, 2.45) is 5.92 Å². The fourth-order valence-corrected chi connectivity index (χ4v) is 3.53. The minimum Gasteiger partial charge on any atom is -0.493 e. The molecule has 150 valence electrons. The van der Waals surface area contributed by atoms with Gasteiger partial charge in [-0.2, -0.15) is 0 Å². The zero-order valence-corrected chi connectivity index (χ0v) is 16.8. The lowest BCUT2D eigenvalue weighted by molar-refractivity contribution is -0.130. The van der Waals surface area contributed by atoms with Gasteiger partial charge in [0.1, 0.15) is 0 Å². The second-order valence-electron chi connectivity index (χ2n) is 6.61. The Balaban J connectivity index is 2.41. The summed E-state index contributed by atoms with van der Waals surface area (Å²) in [7, 11) is 4.68. The summed E-state index contributed by atoms with van der Waals surface area (Å²) in [5, 5.41) is 2.97. The molecule has 1 aliphatic heterocycles. The van der Waals surface area contributed by atoms with Gasteiger partial charge in [0, 0.05) is 32.0 Å². The first-order valence-corrected chi connectivity index (χ1v) is 9.35. The van der Waals surface area contributed by atoms with Crippen LogP contribution in [0.4, 0.5) is 0 Å². The summed E-state index contributed by atoms with van der Waals surface area (Å²) in [5.41, 5.74) is 0.896. The lowest BCUT2D eigenvalue weighted by atomic mass is 9.88. The molecule has 27 heavy (non-hydrogen) atoms. The predicted molar refractivity (Wildman–Crippen MR) is 103 cm³/mol. The highest BCUT2D eigenvalue weighted by Gasteiger charge is 2.40. The maximum Gasteiger partial charge on any atom is 0.225 e. The molecule has 0 spiro atoms. The van der Waals surface area contributed by atoms with Crippen LogP contribution in [0.5, 0.6) is 17.2 Å². The zero-order chi connectivity index (χ0) is 20.0. The van der Waals surface area contributed by atoms with Crippen LogP contribution >= 0.6 is 0 Å². The number of hydrogen-bond donors (Lipinski definition) is 1. The molecule has 1 aliphatic rings. The van der Waals surface area contributed by atoms with E-state index in [1.54, 1.807) is 26.2 Å². The SMILES string of the molecule is CCCNC(=O)[C@H]1CN(C(=O)CC)C[C@H]1c1cc(OC)c(OC)c(OC)c1. The third-order valence-electron chi connectivity index (χ3n) is 4.98. The van der Waals surface area contributed by atoms with Crippen LogP contribution in [0.25, 0.3) is 0 Å². The van der Waals surface area contributed by atoms with E-state index in [1.807, 2.05) is 26.0 Å². The fourth-order valence-electron chi connectivity index (χ4n) is 3.53. The number of nitrogens with one attached hydrogen (secondary N) is 1. The maximum atomic E-state index is 12.7. The van der Waals surface area contributed by atoms with Gasteiger partial charge in [0.2, 0.25) is 17.6 Å². The van der Waals surface area contributed by atoms with E-state index in [-0.39, 0.29) is 23.7 Å². The number of carbonyl (C=O) groups is 2. The van der Waals surface area contributed by atoms with E-state index in [0.29, 0.717) is 43.3 Å². The fraction of sp³-hybridized carbons (Fsp3) is 0.600. The van der Waals surface area contributed by atoms with Crippen LogP contribution in [-0.2, 0) is 9.59 Å². The Kier molecular flexibility index (Phi) is 7.33. The van der Waals surface area contributed by atoms with Gasteiger partial charge in [0.15, 0.2) is 11.5 Å². The summed E-state index contributed by atoms with van der Waals surface area (Å²) < 4.78 is 16.3. The first kappa shape index (κ1) is 20.9. The molecular formula is C20H30N2O5.